The van der Waals surface area contributed by atoms with Crippen LogP contribution in [0.2, 0.25) is 0 Å². The Hall–Kier alpha value is -1.08. The number of hydrogen-bond donors (Lipinski definition) is 1. The maximum Gasteiger partial charge on any atom is 0.251 e. The summed E-state index contributed by atoms with van der Waals surface area (Å²) in [6.07, 6.45) is 3.00. The molecule has 1 aromatic heterocycles. The number of nitrogens with zero attached hydrogens (tertiary/aromatic N) is 3. The van der Waals surface area contributed by atoms with Gasteiger partial charge in [0.2, 0.25) is 5.89 Å². The van der Waals surface area contributed by atoms with Gasteiger partial charge in [-0.05, 0) is 45.6 Å². The Balaban J connectivity index is 1.41. The first-order chi connectivity index (χ1) is 10.6. The molecule has 5 nitrogen and oxygen atoms in total. The summed E-state index contributed by atoms with van der Waals surface area (Å²) in [6, 6.07) is 0.836. The van der Waals surface area contributed by atoms with Crippen molar-refractivity contribution in [2.45, 2.75) is 63.5 Å². The zero-order valence-corrected chi connectivity index (χ0v) is 13.0. The molecule has 2 heterocycles. The van der Waals surface area contributed by atoms with Gasteiger partial charge in [0.15, 0.2) is 5.82 Å². The molecule has 1 atom stereocenters. The summed E-state index contributed by atoms with van der Waals surface area (Å²) in [7, 11) is 0. The zero-order chi connectivity index (χ0) is 15.5. The smallest absolute Gasteiger partial charge is 0.251 e. The molecule has 1 saturated heterocycles. The van der Waals surface area contributed by atoms with E-state index in [4.69, 9.17) is 4.52 Å². The van der Waals surface area contributed by atoms with Gasteiger partial charge in [-0.15, -0.1) is 0 Å². The SMILES string of the molecule is Cc1noc(C2CCC(NC3CCN(CC(F)F)C3)CC2)n1. The maximum atomic E-state index is 12.4. The van der Waals surface area contributed by atoms with E-state index in [1.54, 1.807) is 0 Å². The number of likely N-dealkylation sites (tertiary alicyclic amines) is 1. The molecule has 1 aliphatic carbocycles. The predicted molar refractivity (Wildman–Crippen MR) is 78.0 cm³/mol. The molecule has 0 bridgehead atoms. The number of nitrogens with one attached hydrogen (secondary N) is 1. The molecule has 0 aromatic carbocycles. The molecule has 0 radical (unpaired) electrons. The summed E-state index contributed by atoms with van der Waals surface area (Å²) in [4.78, 5) is 6.18. The van der Waals surface area contributed by atoms with Gasteiger partial charge in [-0.1, -0.05) is 5.16 Å². The molecule has 1 saturated carbocycles. The minimum Gasteiger partial charge on any atom is -0.339 e. The lowest BCUT2D eigenvalue weighted by Crippen LogP contribution is -2.42. The lowest BCUT2D eigenvalue weighted by molar-refractivity contribution is 0.0982. The van der Waals surface area contributed by atoms with Crippen molar-refractivity contribution in [1.82, 2.24) is 20.4 Å². The normalized spacial score (nSPS) is 30.3. The van der Waals surface area contributed by atoms with E-state index in [2.05, 4.69) is 15.5 Å². The number of aromatic nitrogens is 2. The van der Waals surface area contributed by atoms with E-state index in [0.29, 0.717) is 23.8 Å². The molecule has 1 unspecified atom stereocenters. The number of hydrogen-bond acceptors (Lipinski definition) is 5. The van der Waals surface area contributed by atoms with E-state index >= 15 is 0 Å². The zero-order valence-electron chi connectivity index (χ0n) is 13.0. The maximum absolute atomic E-state index is 12.4. The van der Waals surface area contributed by atoms with Gasteiger partial charge >= 0.3 is 0 Å². The van der Waals surface area contributed by atoms with E-state index < -0.39 is 6.43 Å². The van der Waals surface area contributed by atoms with Gasteiger partial charge in [-0.3, -0.25) is 4.90 Å². The van der Waals surface area contributed by atoms with Crippen LogP contribution in [0.4, 0.5) is 8.78 Å². The molecule has 1 aliphatic heterocycles. The second-order valence-electron chi connectivity index (χ2n) is 6.53. The van der Waals surface area contributed by atoms with Crippen LogP contribution in [0.5, 0.6) is 0 Å². The van der Waals surface area contributed by atoms with Gasteiger partial charge in [-0.25, -0.2) is 8.78 Å². The summed E-state index contributed by atoms with van der Waals surface area (Å²) in [5.41, 5.74) is 0. The monoisotopic (exact) mass is 314 g/mol. The van der Waals surface area contributed by atoms with Crippen molar-refractivity contribution >= 4 is 0 Å². The standard InChI is InChI=1S/C15H24F2N4O/c1-10-18-15(22-20-10)11-2-4-12(5-3-11)19-13-6-7-21(8-13)9-14(16)17/h11-14,19H,2-9H2,1H3. The fourth-order valence-electron chi connectivity index (χ4n) is 3.65. The average Bonchev–Trinajstić information content (AvgIpc) is 3.09. The van der Waals surface area contributed by atoms with Crippen LogP contribution in [0.3, 0.4) is 0 Å². The number of rotatable bonds is 5. The molecule has 1 N–H and O–H groups in total. The number of alkyl halides is 2. The molecule has 0 spiro atoms. The van der Waals surface area contributed by atoms with Crippen molar-refractivity contribution in [2.24, 2.45) is 0 Å². The molecule has 124 valence electrons. The highest BCUT2D eigenvalue weighted by molar-refractivity contribution is 4.97. The minimum absolute atomic E-state index is 0.0958. The highest BCUT2D eigenvalue weighted by atomic mass is 19.3. The topological polar surface area (TPSA) is 54.2 Å². The molecule has 22 heavy (non-hydrogen) atoms. The Morgan fingerprint density at radius 2 is 2.00 bits per heavy atom. The van der Waals surface area contributed by atoms with E-state index in [0.717, 1.165) is 51.1 Å². The van der Waals surface area contributed by atoms with Crippen LogP contribution in [-0.2, 0) is 0 Å². The second kappa shape index (κ2) is 7.00. The summed E-state index contributed by atoms with van der Waals surface area (Å²) < 4.78 is 30.1. The first-order valence-electron chi connectivity index (χ1n) is 8.17. The van der Waals surface area contributed by atoms with Crippen molar-refractivity contribution < 1.29 is 13.3 Å². The van der Waals surface area contributed by atoms with Gasteiger partial charge in [0, 0.05) is 24.5 Å². The molecule has 1 aromatic rings. The summed E-state index contributed by atoms with van der Waals surface area (Å²) in [6.45, 7) is 3.26. The number of halogens is 2. The van der Waals surface area contributed by atoms with Crippen molar-refractivity contribution in [3.63, 3.8) is 0 Å². The average molecular weight is 314 g/mol. The van der Waals surface area contributed by atoms with Crippen LogP contribution < -0.4 is 5.32 Å². The minimum atomic E-state index is -2.23. The first kappa shape index (κ1) is 15.8. The second-order valence-corrected chi connectivity index (χ2v) is 6.53. The van der Waals surface area contributed by atoms with Crippen LogP contribution in [-0.4, -0.2) is 53.2 Å². The lowest BCUT2D eigenvalue weighted by atomic mass is 9.85. The molecule has 3 rings (SSSR count). The molecule has 7 heteroatoms. The van der Waals surface area contributed by atoms with Crippen molar-refractivity contribution in [1.29, 1.82) is 0 Å². The Morgan fingerprint density at radius 3 is 2.64 bits per heavy atom. The fraction of sp³-hybridized carbons (Fsp3) is 0.867. The molecule has 0 amide bonds. The number of aryl methyl sites for hydroxylation is 1. The van der Waals surface area contributed by atoms with Crippen LogP contribution >= 0.6 is 0 Å². The Bertz CT molecular complexity index is 474. The van der Waals surface area contributed by atoms with Crippen LogP contribution in [0.15, 0.2) is 4.52 Å². The molecular formula is C15H24F2N4O. The van der Waals surface area contributed by atoms with E-state index in [1.807, 2.05) is 11.8 Å². The van der Waals surface area contributed by atoms with Crippen LogP contribution in [0, 0.1) is 6.92 Å². The Kier molecular flexibility index (Phi) is 5.03. The quantitative estimate of drug-likeness (QED) is 0.904. The first-order valence-corrected chi connectivity index (χ1v) is 8.17. The molecular weight excluding hydrogens is 290 g/mol. The Labute approximate surface area is 129 Å². The van der Waals surface area contributed by atoms with Crippen LogP contribution in [0.25, 0.3) is 0 Å². The highest BCUT2D eigenvalue weighted by Crippen LogP contribution is 2.32. The fourth-order valence-corrected chi connectivity index (χ4v) is 3.65. The largest absolute Gasteiger partial charge is 0.339 e. The van der Waals surface area contributed by atoms with Crippen molar-refractivity contribution in [2.75, 3.05) is 19.6 Å². The van der Waals surface area contributed by atoms with Gasteiger partial charge in [0.25, 0.3) is 6.43 Å². The van der Waals surface area contributed by atoms with E-state index in [1.165, 1.54) is 0 Å². The lowest BCUT2D eigenvalue weighted by Gasteiger charge is -2.29. The van der Waals surface area contributed by atoms with Gasteiger partial charge in [0.05, 0.1) is 6.54 Å². The van der Waals surface area contributed by atoms with Gasteiger partial charge in [-0.2, -0.15) is 4.98 Å². The third-order valence-electron chi connectivity index (χ3n) is 4.76. The molecule has 2 fully saturated rings. The third-order valence-corrected chi connectivity index (χ3v) is 4.76. The van der Waals surface area contributed by atoms with Crippen LogP contribution in [0.1, 0.15) is 49.7 Å². The Morgan fingerprint density at radius 1 is 1.23 bits per heavy atom. The highest BCUT2D eigenvalue weighted by Gasteiger charge is 2.30. The van der Waals surface area contributed by atoms with Gasteiger partial charge < -0.3 is 9.84 Å². The summed E-state index contributed by atoms with van der Waals surface area (Å²) in [5.74, 6) is 1.83. The summed E-state index contributed by atoms with van der Waals surface area (Å²) in [5, 5.41) is 7.50. The van der Waals surface area contributed by atoms with E-state index in [-0.39, 0.29) is 6.54 Å². The van der Waals surface area contributed by atoms with E-state index in [9.17, 15) is 8.78 Å². The third kappa shape index (κ3) is 4.01. The van der Waals surface area contributed by atoms with Crippen molar-refractivity contribution in [3.05, 3.63) is 11.7 Å². The molecule has 2 aliphatic rings. The summed E-state index contributed by atoms with van der Waals surface area (Å²) >= 11 is 0. The predicted octanol–water partition coefficient (Wildman–Crippen LogP) is 2.33. The van der Waals surface area contributed by atoms with Crippen molar-refractivity contribution in [3.8, 4) is 0 Å². The van der Waals surface area contributed by atoms with Gasteiger partial charge in [0.1, 0.15) is 0 Å².